The predicted octanol–water partition coefficient (Wildman–Crippen LogP) is -1.90. The molecular formula is C5H10O4. The van der Waals surface area contributed by atoms with Gasteiger partial charge in [-0.25, -0.2) is 0 Å². The van der Waals surface area contributed by atoms with Gasteiger partial charge in [0.1, 0.15) is 18.3 Å². The highest BCUT2D eigenvalue weighted by Gasteiger charge is 2.29. The number of ether oxygens (including phenoxy) is 1. The number of rotatable bonds is 0. The van der Waals surface area contributed by atoms with Crippen LogP contribution < -0.4 is 0 Å². The Bertz CT molecular complexity index is 85.0. The number of aliphatic hydroxyl groups excluding tert-OH is 3. The van der Waals surface area contributed by atoms with E-state index in [2.05, 4.69) is 0 Å². The first-order chi connectivity index (χ1) is 4.22. The largest absolute Gasteiger partial charge is 0.388 e. The molecule has 0 unspecified atom stereocenters. The van der Waals surface area contributed by atoms with Gasteiger partial charge in [-0.15, -0.1) is 0 Å². The highest BCUT2D eigenvalue weighted by atomic mass is 16.5. The van der Waals surface area contributed by atoms with Crippen LogP contribution in [0.2, 0.25) is 0 Å². The average molecular weight is 134 g/mol. The molecule has 0 aromatic rings. The van der Waals surface area contributed by atoms with Crippen molar-refractivity contribution in [1.29, 1.82) is 0 Å². The Morgan fingerprint density at radius 1 is 1.00 bits per heavy atom. The minimum absolute atomic E-state index is 0.109. The summed E-state index contributed by atoms with van der Waals surface area (Å²) in [5.74, 6) is 0. The first-order valence-corrected chi connectivity index (χ1v) is 2.84. The topological polar surface area (TPSA) is 69.9 Å². The van der Waals surface area contributed by atoms with Gasteiger partial charge in [0, 0.05) is 0 Å². The van der Waals surface area contributed by atoms with Crippen molar-refractivity contribution < 1.29 is 20.1 Å². The zero-order chi connectivity index (χ0) is 6.85. The zero-order valence-electron chi connectivity index (χ0n) is 4.90. The highest BCUT2D eigenvalue weighted by molar-refractivity contribution is 4.78. The van der Waals surface area contributed by atoms with Crippen LogP contribution in [0.15, 0.2) is 0 Å². The van der Waals surface area contributed by atoms with Gasteiger partial charge < -0.3 is 20.1 Å². The SMILES string of the molecule is O[C@@H]1[C@H](O)COC[C@@H]1O. The lowest BCUT2D eigenvalue weighted by Crippen LogP contribution is -2.47. The van der Waals surface area contributed by atoms with E-state index in [0.717, 1.165) is 0 Å². The molecular weight excluding hydrogens is 124 g/mol. The van der Waals surface area contributed by atoms with Crippen LogP contribution >= 0.6 is 0 Å². The van der Waals surface area contributed by atoms with E-state index in [0.29, 0.717) is 0 Å². The Kier molecular flexibility index (Phi) is 2.02. The van der Waals surface area contributed by atoms with E-state index in [9.17, 15) is 0 Å². The van der Waals surface area contributed by atoms with E-state index >= 15 is 0 Å². The maximum atomic E-state index is 8.87. The van der Waals surface area contributed by atoms with Crippen LogP contribution in [0.5, 0.6) is 0 Å². The van der Waals surface area contributed by atoms with E-state index in [1.54, 1.807) is 0 Å². The summed E-state index contributed by atoms with van der Waals surface area (Å²) in [4.78, 5) is 0. The maximum Gasteiger partial charge on any atom is 0.110 e. The molecule has 0 radical (unpaired) electrons. The summed E-state index contributed by atoms with van der Waals surface area (Å²) in [5.41, 5.74) is 0. The molecule has 54 valence electrons. The summed E-state index contributed by atoms with van der Waals surface area (Å²) in [5, 5.41) is 26.5. The summed E-state index contributed by atoms with van der Waals surface area (Å²) >= 11 is 0. The molecule has 1 fully saturated rings. The quantitative estimate of drug-likeness (QED) is 0.362. The lowest BCUT2D eigenvalue weighted by Gasteiger charge is -2.27. The Morgan fingerprint density at radius 2 is 1.44 bits per heavy atom. The summed E-state index contributed by atoms with van der Waals surface area (Å²) in [6, 6.07) is 0. The number of hydrogen-bond donors (Lipinski definition) is 3. The lowest BCUT2D eigenvalue weighted by molar-refractivity contribution is -0.150. The first kappa shape index (κ1) is 6.95. The summed E-state index contributed by atoms with van der Waals surface area (Å²) in [6.45, 7) is 0.219. The number of hydrogen-bond acceptors (Lipinski definition) is 4. The fraction of sp³-hybridized carbons (Fsp3) is 1.00. The smallest absolute Gasteiger partial charge is 0.110 e. The van der Waals surface area contributed by atoms with Crippen LogP contribution in [0.25, 0.3) is 0 Å². The third-order valence-corrected chi connectivity index (χ3v) is 1.37. The van der Waals surface area contributed by atoms with Crippen molar-refractivity contribution in [3.05, 3.63) is 0 Å². The third-order valence-electron chi connectivity index (χ3n) is 1.37. The van der Waals surface area contributed by atoms with Crippen LogP contribution in [-0.4, -0.2) is 46.8 Å². The van der Waals surface area contributed by atoms with Gasteiger partial charge in [0.25, 0.3) is 0 Å². The van der Waals surface area contributed by atoms with Gasteiger partial charge in [-0.1, -0.05) is 0 Å². The van der Waals surface area contributed by atoms with Crippen molar-refractivity contribution in [2.45, 2.75) is 18.3 Å². The van der Waals surface area contributed by atoms with Crippen molar-refractivity contribution in [3.63, 3.8) is 0 Å². The van der Waals surface area contributed by atoms with E-state index in [4.69, 9.17) is 20.1 Å². The van der Waals surface area contributed by atoms with Crippen LogP contribution in [0.1, 0.15) is 0 Å². The van der Waals surface area contributed by atoms with Crippen molar-refractivity contribution >= 4 is 0 Å². The zero-order valence-corrected chi connectivity index (χ0v) is 4.90. The fourth-order valence-corrected chi connectivity index (χ4v) is 0.763. The molecule has 0 spiro atoms. The molecule has 0 aromatic carbocycles. The molecule has 0 amide bonds. The Balaban J connectivity index is 2.41. The van der Waals surface area contributed by atoms with Crippen molar-refractivity contribution in [2.75, 3.05) is 13.2 Å². The van der Waals surface area contributed by atoms with Gasteiger partial charge in [-0.2, -0.15) is 0 Å². The molecule has 1 rings (SSSR count). The van der Waals surface area contributed by atoms with Gasteiger partial charge in [-0.05, 0) is 0 Å². The molecule has 3 N–H and O–H groups in total. The standard InChI is InChI=1S/C5H10O4/c6-3-1-9-2-4(7)5(3)8/h3-8H,1-2H2/t3-,4+,5-. The molecule has 9 heavy (non-hydrogen) atoms. The summed E-state index contributed by atoms with van der Waals surface area (Å²) in [7, 11) is 0. The molecule has 4 heteroatoms. The number of aliphatic hydroxyl groups is 3. The molecule has 1 saturated heterocycles. The second kappa shape index (κ2) is 2.62. The average Bonchev–Trinajstić information content (AvgIpc) is 1.83. The molecule has 0 aliphatic carbocycles. The molecule has 0 aromatic heterocycles. The summed E-state index contributed by atoms with van der Waals surface area (Å²) < 4.78 is 4.70. The van der Waals surface area contributed by atoms with Crippen LogP contribution in [0, 0.1) is 0 Å². The molecule has 1 heterocycles. The molecule has 0 bridgehead atoms. The molecule has 0 saturated carbocycles. The van der Waals surface area contributed by atoms with Gasteiger partial charge in [0.2, 0.25) is 0 Å². The Morgan fingerprint density at radius 3 is 1.78 bits per heavy atom. The Hall–Kier alpha value is -0.160. The van der Waals surface area contributed by atoms with E-state index in [-0.39, 0.29) is 13.2 Å². The third kappa shape index (κ3) is 1.40. The predicted molar refractivity (Wildman–Crippen MR) is 28.8 cm³/mol. The van der Waals surface area contributed by atoms with Gasteiger partial charge in [0.15, 0.2) is 0 Å². The molecule has 4 nitrogen and oxygen atoms in total. The monoisotopic (exact) mass is 134 g/mol. The summed E-state index contributed by atoms with van der Waals surface area (Å²) in [6.07, 6.45) is -2.92. The van der Waals surface area contributed by atoms with E-state index < -0.39 is 18.3 Å². The second-order valence-corrected chi connectivity index (χ2v) is 2.16. The van der Waals surface area contributed by atoms with Crippen molar-refractivity contribution in [2.24, 2.45) is 0 Å². The molecule has 3 atom stereocenters. The first-order valence-electron chi connectivity index (χ1n) is 2.84. The molecule has 1 aliphatic rings. The van der Waals surface area contributed by atoms with E-state index in [1.807, 2.05) is 0 Å². The fourth-order valence-electron chi connectivity index (χ4n) is 0.763. The highest BCUT2D eigenvalue weighted by Crippen LogP contribution is 2.07. The Labute approximate surface area is 52.7 Å². The van der Waals surface area contributed by atoms with Crippen LogP contribution in [-0.2, 0) is 4.74 Å². The van der Waals surface area contributed by atoms with Gasteiger partial charge >= 0.3 is 0 Å². The minimum Gasteiger partial charge on any atom is -0.388 e. The van der Waals surface area contributed by atoms with Crippen LogP contribution in [0.4, 0.5) is 0 Å². The maximum absolute atomic E-state index is 8.87. The lowest BCUT2D eigenvalue weighted by atomic mass is 10.1. The normalized spacial score (nSPS) is 45.0. The van der Waals surface area contributed by atoms with E-state index in [1.165, 1.54) is 0 Å². The second-order valence-electron chi connectivity index (χ2n) is 2.16. The van der Waals surface area contributed by atoms with Crippen LogP contribution in [0.3, 0.4) is 0 Å². The van der Waals surface area contributed by atoms with Crippen molar-refractivity contribution in [1.82, 2.24) is 0 Å². The molecule has 1 aliphatic heterocycles. The van der Waals surface area contributed by atoms with Crippen molar-refractivity contribution in [3.8, 4) is 0 Å². The van der Waals surface area contributed by atoms with Gasteiger partial charge in [-0.3, -0.25) is 0 Å². The minimum atomic E-state index is -1.04. The van der Waals surface area contributed by atoms with Gasteiger partial charge in [0.05, 0.1) is 13.2 Å².